The van der Waals surface area contributed by atoms with Crippen molar-refractivity contribution in [2.45, 2.75) is 39.7 Å². The summed E-state index contributed by atoms with van der Waals surface area (Å²) in [6.45, 7) is 9.68. The van der Waals surface area contributed by atoms with Gasteiger partial charge in [0, 0.05) is 35.0 Å². The van der Waals surface area contributed by atoms with E-state index in [4.69, 9.17) is 4.74 Å². The summed E-state index contributed by atoms with van der Waals surface area (Å²) in [6, 6.07) is 10.1. The molecule has 1 aliphatic heterocycles. The minimum absolute atomic E-state index is 0.0776. The highest BCUT2D eigenvalue weighted by atomic mass is 16.5. The largest absolute Gasteiger partial charge is 0.508 e. The van der Waals surface area contributed by atoms with Crippen LogP contribution in [0.15, 0.2) is 47.6 Å². The topological polar surface area (TPSA) is 74.2 Å². The molecule has 3 rings (SSSR count). The van der Waals surface area contributed by atoms with Crippen molar-refractivity contribution in [3.63, 3.8) is 0 Å². The first kappa shape index (κ1) is 21.4. The number of benzene rings is 2. The van der Waals surface area contributed by atoms with E-state index in [0.29, 0.717) is 11.3 Å². The van der Waals surface area contributed by atoms with E-state index >= 15 is 0 Å². The van der Waals surface area contributed by atoms with Gasteiger partial charge in [0.05, 0.1) is 18.9 Å². The number of carbonyl (C=O) groups excluding carboxylic acids is 1. The van der Waals surface area contributed by atoms with E-state index in [9.17, 15) is 9.90 Å². The molecule has 30 heavy (non-hydrogen) atoms. The highest BCUT2D eigenvalue weighted by Gasteiger charge is 2.31. The molecule has 0 saturated heterocycles. The number of nitrogens with one attached hydrogen (secondary N) is 1. The molecule has 1 aliphatic rings. The normalized spacial score (nSPS) is 15.0. The predicted molar refractivity (Wildman–Crippen MR) is 122 cm³/mol. The number of phenols is 1. The molecule has 1 amide bonds. The molecule has 0 saturated carbocycles. The first-order chi connectivity index (χ1) is 14.3. The van der Waals surface area contributed by atoms with Gasteiger partial charge in [-0.25, -0.2) is 5.43 Å². The third-order valence-electron chi connectivity index (χ3n) is 5.28. The third kappa shape index (κ3) is 4.32. The van der Waals surface area contributed by atoms with Gasteiger partial charge in [-0.05, 0) is 63.1 Å². The van der Waals surface area contributed by atoms with Crippen molar-refractivity contribution < 1.29 is 14.6 Å². The van der Waals surface area contributed by atoms with Gasteiger partial charge in [0.2, 0.25) is 0 Å². The van der Waals surface area contributed by atoms with Crippen LogP contribution in [0.4, 0.5) is 5.69 Å². The molecule has 0 aliphatic carbocycles. The highest BCUT2D eigenvalue weighted by molar-refractivity contribution is 5.96. The van der Waals surface area contributed by atoms with E-state index in [-0.39, 0.29) is 17.2 Å². The van der Waals surface area contributed by atoms with Crippen molar-refractivity contribution in [2.24, 2.45) is 5.10 Å². The molecule has 6 nitrogen and oxygen atoms in total. The van der Waals surface area contributed by atoms with Gasteiger partial charge < -0.3 is 14.7 Å². The number of hydrazone groups is 1. The van der Waals surface area contributed by atoms with Crippen LogP contribution < -0.4 is 15.1 Å². The van der Waals surface area contributed by atoms with E-state index in [1.54, 1.807) is 13.3 Å². The molecule has 0 aromatic heterocycles. The maximum Gasteiger partial charge on any atom is 0.271 e. The summed E-state index contributed by atoms with van der Waals surface area (Å²) in [6.07, 6.45) is 4.92. The highest BCUT2D eigenvalue weighted by Crippen LogP contribution is 2.41. The summed E-state index contributed by atoms with van der Waals surface area (Å²) >= 11 is 0. The smallest absolute Gasteiger partial charge is 0.271 e. The molecule has 6 heteroatoms. The fourth-order valence-electron chi connectivity index (χ4n) is 3.87. The van der Waals surface area contributed by atoms with Crippen LogP contribution in [0.25, 0.3) is 5.57 Å². The summed E-state index contributed by atoms with van der Waals surface area (Å²) in [7, 11) is 1.63. The first-order valence-electron chi connectivity index (χ1n) is 10.1. The lowest BCUT2D eigenvalue weighted by atomic mass is 9.87. The van der Waals surface area contributed by atoms with Crippen LogP contribution in [-0.4, -0.2) is 36.4 Å². The second kappa shape index (κ2) is 8.61. The number of aromatic hydroxyl groups is 1. The van der Waals surface area contributed by atoms with Gasteiger partial charge in [0.25, 0.3) is 5.91 Å². The molecule has 0 radical (unpaired) electrons. The van der Waals surface area contributed by atoms with Crippen LogP contribution in [0.2, 0.25) is 0 Å². The molecule has 0 fully saturated rings. The number of anilines is 1. The van der Waals surface area contributed by atoms with Gasteiger partial charge >= 0.3 is 0 Å². The molecule has 0 spiro atoms. The number of hydrogen-bond donors (Lipinski definition) is 2. The molecule has 2 aromatic rings. The van der Waals surface area contributed by atoms with Gasteiger partial charge in [-0.3, -0.25) is 4.79 Å². The minimum Gasteiger partial charge on any atom is -0.508 e. The zero-order valence-electron chi connectivity index (χ0n) is 18.2. The number of hydrogen-bond acceptors (Lipinski definition) is 5. The van der Waals surface area contributed by atoms with Crippen molar-refractivity contribution in [3.8, 4) is 11.5 Å². The number of allylic oxidation sites excluding steroid dienone is 1. The van der Waals surface area contributed by atoms with Crippen LogP contribution in [0.1, 0.15) is 55.6 Å². The molecular formula is C24H29N3O3. The second-order valence-corrected chi connectivity index (χ2v) is 7.99. The van der Waals surface area contributed by atoms with Crippen LogP contribution in [-0.2, 0) is 0 Å². The van der Waals surface area contributed by atoms with E-state index < -0.39 is 0 Å². The average Bonchev–Trinajstić information content (AvgIpc) is 2.71. The Bertz CT molecular complexity index is 992. The molecular weight excluding hydrogens is 378 g/mol. The lowest BCUT2D eigenvalue weighted by Gasteiger charge is -2.43. The number of nitrogens with zero attached hydrogens (tertiary/aromatic N) is 2. The Labute approximate surface area is 177 Å². The number of amides is 1. The Morgan fingerprint density at radius 3 is 2.60 bits per heavy atom. The van der Waals surface area contributed by atoms with E-state index in [2.05, 4.69) is 49.2 Å². The van der Waals surface area contributed by atoms with Gasteiger partial charge in [0.15, 0.2) is 0 Å². The standard InChI is InChI=1S/C24H29N3O3/c1-6-11-27-21-13-22(30-5)18(12-20(21)16(2)14-24(27,3)4)15-25-26-23(29)17-7-9-19(28)10-8-17/h7-10,12-15,28H,6,11H2,1-5H3,(H,26,29)/b25-15-. The van der Waals surface area contributed by atoms with Gasteiger partial charge in [0.1, 0.15) is 11.5 Å². The predicted octanol–water partition coefficient (Wildman–Crippen LogP) is 4.58. The summed E-state index contributed by atoms with van der Waals surface area (Å²) in [4.78, 5) is 14.6. The molecule has 2 aromatic carbocycles. The molecule has 0 atom stereocenters. The lowest BCUT2D eigenvalue weighted by Crippen LogP contribution is -2.45. The number of carbonyl (C=O) groups is 1. The molecule has 0 bridgehead atoms. The number of fused-ring (bicyclic) bond motifs is 1. The zero-order valence-corrected chi connectivity index (χ0v) is 18.2. The van der Waals surface area contributed by atoms with Crippen molar-refractivity contribution in [1.82, 2.24) is 5.43 Å². The monoisotopic (exact) mass is 407 g/mol. The number of ether oxygens (including phenoxy) is 1. The third-order valence-corrected chi connectivity index (χ3v) is 5.28. The van der Waals surface area contributed by atoms with Crippen molar-refractivity contribution >= 4 is 23.4 Å². The van der Waals surface area contributed by atoms with Gasteiger partial charge in [-0.2, -0.15) is 5.10 Å². The van der Waals surface area contributed by atoms with Crippen molar-refractivity contribution in [1.29, 1.82) is 0 Å². The summed E-state index contributed by atoms with van der Waals surface area (Å²) in [5.41, 5.74) is 7.12. The molecule has 1 heterocycles. The number of rotatable bonds is 6. The van der Waals surface area contributed by atoms with Crippen LogP contribution in [0.5, 0.6) is 11.5 Å². The van der Waals surface area contributed by atoms with Crippen molar-refractivity contribution in [3.05, 3.63) is 59.2 Å². The van der Waals surface area contributed by atoms with E-state index in [1.165, 1.54) is 29.8 Å². The fraction of sp³-hybridized carbons (Fsp3) is 0.333. The minimum atomic E-state index is -0.352. The Kier molecular flexibility index (Phi) is 6.15. The Balaban J connectivity index is 1.89. The second-order valence-electron chi connectivity index (χ2n) is 7.99. The quantitative estimate of drug-likeness (QED) is 0.543. The summed E-state index contributed by atoms with van der Waals surface area (Å²) in [5, 5.41) is 13.4. The fourth-order valence-corrected chi connectivity index (χ4v) is 3.87. The van der Waals surface area contributed by atoms with Gasteiger partial charge in [-0.15, -0.1) is 0 Å². The molecule has 2 N–H and O–H groups in total. The Morgan fingerprint density at radius 2 is 1.97 bits per heavy atom. The molecule has 158 valence electrons. The Morgan fingerprint density at radius 1 is 1.27 bits per heavy atom. The van der Waals surface area contributed by atoms with Crippen LogP contribution in [0.3, 0.4) is 0 Å². The Hall–Kier alpha value is -3.28. The average molecular weight is 408 g/mol. The molecule has 0 unspecified atom stereocenters. The van der Waals surface area contributed by atoms with Crippen molar-refractivity contribution in [2.75, 3.05) is 18.6 Å². The summed E-state index contributed by atoms with van der Waals surface area (Å²) < 4.78 is 5.62. The SMILES string of the molecule is CCCN1c2cc(OC)c(/C=N\NC(=O)c3ccc(O)cc3)cc2C(C)=CC1(C)C. The van der Waals surface area contributed by atoms with Gasteiger partial charge in [-0.1, -0.05) is 13.0 Å². The first-order valence-corrected chi connectivity index (χ1v) is 10.1. The van der Waals surface area contributed by atoms with E-state index in [1.807, 2.05) is 12.1 Å². The zero-order chi connectivity index (χ0) is 21.9. The van der Waals surface area contributed by atoms with Crippen LogP contribution >= 0.6 is 0 Å². The van der Waals surface area contributed by atoms with E-state index in [0.717, 1.165) is 29.8 Å². The number of methoxy groups -OCH3 is 1. The van der Waals surface area contributed by atoms with Crippen LogP contribution in [0, 0.1) is 0 Å². The summed E-state index contributed by atoms with van der Waals surface area (Å²) in [5.74, 6) is 0.454. The maximum absolute atomic E-state index is 12.2. The maximum atomic E-state index is 12.2. The number of phenolic OH excluding ortho intramolecular Hbond substituents is 1. The lowest BCUT2D eigenvalue weighted by molar-refractivity contribution is 0.0955.